The lowest BCUT2D eigenvalue weighted by atomic mass is 10.0. The van der Waals surface area contributed by atoms with Gasteiger partial charge in [-0.25, -0.2) is 4.98 Å². The van der Waals surface area contributed by atoms with Crippen molar-refractivity contribution >= 4 is 5.91 Å². The number of aromatic nitrogens is 2. The molecule has 0 radical (unpaired) electrons. The van der Waals surface area contributed by atoms with Crippen LogP contribution < -0.4 is 5.32 Å². The van der Waals surface area contributed by atoms with Crippen LogP contribution in [0.2, 0.25) is 0 Å². The number of hydrogen-bond donors (Lipinski definition) is 1. The first-order chi connectivity index (χ1) is 7.86. The molecule has 0 saturated carbocycles. The first-order valence-corrected chi connectivity index (χ1v) is 5.48. The lowest BCUT2D eigenvalue weighted by Crippen LogP contribution is -2.32. The van der Waals surface area contributed by atoms with Gasteiger partial charge in [-0.05, 0) is 18.8 Å². The van der Waals surface area contributed by atoms with Crippen LogP contribution in [0.5, 0.6) is 0 Å². The van der Waals surface area contributed by atoms with Gasteiger partial charge in [0.05, 0.1) is 6.20 Å². The maximum Gasteiger partial charge on any atom is 0.271 e. The predicted octanol–water partition coefficient (Wildman–Crippen LogP) is 0.633. The first kappa shape index (κ1) is 11.0. The number of rotatable bonds is 3. The van der Waals surface area contributed by atoms with Crippen molar-refractivity contribution in [2.24, 2.45) is 5.92 Å². The molecular formula is C11H15N3O2. The van der Waals surface area contributed by atoms with Gasteiger partial charge in [-0.2, -0.15) is 0 Å². The molecule has 5 nitrogen and oxygen atoms in total. The predicted molar refractivity (Wildman–Crippen MR) is 57.9 cm³/mol. The Morgan fingerprint density at radius 1 is 1.44 bits per heavy atom. The van der Waals surface area contributed by atoms with E-state index in [9.17, 15) is 4.79 Å². The molecular weight excluding hydrogens is 206 g/mol. The third-order valence-electron chi connectivity index (χ3n) is 2.69. The van der Waals surface area contributed by atoms with Crippen LogP contribution in [-0.4, -0.2) is 35.6 Å². The lowest BCUT2D eigenvalue weighted by Gasteiger charge is -2.21. The number of amides is 1. The highest BCUT2D eigenvalue weighted by Gasteiger charge is 2.15. The third kappa shape index (κ3) is 3.00. The molecule has 0 atom stereocenters. The largest absolute Gasteiger partial charge is 0.381 e. The number of hydrogen-bond acceptors (Lipinski definition) is 4. The van der Waals surface area contributed by atoms with Gasteiger partial charge < -0.3 is 10.1 Å². The number of nitrogens with zero attached hydrogens (tertiary/aromatic N) is 2. The zero-order chi connectivity index (χ0) is 11.2. The van der Waals surface area contributed by atoms with Crippen molar-refractivity contribution in [2.45, 2.75) is 12.8 Å². The summed E-state index contributed by atoms with van der Waals surface area (Å²) in [5, 5.41) is 2.87. The summed E-state index contributed by atoms with van der Waals surface area (Å²) in [4.78, 5) is 19.4. The van der Waals surface area contributed by atoms with Crippen LogP contribution in [0, 0.1) is 5.92 Å². The Morgan fingerprint density at radius 3 is 2.94 bits per heavy atom. The van der Waals surface area contributed by atoms with E-state index in [0.717, 1.165) is 26.1 Å². The zero-order valence-corrected chi connectivity index (χ0v) is 9.06. The molecule has 0 unspecified atom stereocenters. The van der Waals surface area contributed by atoms with E-state index in [-0.39, 0.29) is 5.91 Å². The van der Waals surface area contributed by atoms with Gasteiger partial charge >= 0.3 is 0 Å². The summed E-state index contributed by atoms with van der Waals surface area (Å²) >= 11 is 0. The topological polar surface area (TPSA) is 64.1 Å². The van der Waals surface area contributed by atoms with E-state index in [0.29, 0.717) is 18.2 Å². The van der Waals surface area contributed by atoms with Crippen molar-refractivity contribution in [3.8, 4) is 0 Å². The second kappa shape index (κ2) is 5.55. The van der Waals surface area contributed by atoms with Crippen LogP contribution in [0.15, 0.2) is 18.6 Å². The molecule has 1 amide bonds. The highest BCUT2D eigenvalue weighted by Crippen LogP contribution is 2.13. The van der Waals surface area contributed by atoms with Gasteiger partial charge in [0.1, 0.15) is 5.69 Å². The molecule has 1 fully saturated rings. The molecule has 0 spiro atoms. The summed E-state index contributed by atoms with van der Waals surface area (Å²) in [6.07, 6.45) is 6.57. The molecule has 0 aliphatic carbocycles. The van der Waals surface area contributed by atoms with Crippen molar-refractivity contribution in [2.75, 3.05) is 19.8 Å². The van der Waals surface area contributed by atoms with Gasteiger partial charge in [0.2, 0.25) is 0 Å². The maximum atomic E-state index is 11.6. The SMILES string of the molecule is O=C(NCC1CCOCC1)c1cnccn1. The molecule has 0 aromatic carbocycles. The van der Waals surface area contributed by atoms with Gasteiger partial charge in [-0.15, -0.1) is 0 Å². The van der Waals surface area contributed by atoms with Gasteiger partial charge in [0.15, 0.2) is 0 Å². The van der Waals surface area contributed by atoms with E-state index in [4.69, 9.17) is 4.74 Å². The Hall–Kier alpha value is -1.49. The summed E-state index contributed by atoms with van der Waals surface area (Å²) in [7, 11) is 0. The van der Waals surface area contributed by atoms with E-state index in [1.54, 1.807) is 6.20 Å². The van der Waals surface area contributed by atoms with Crippen molar-refractivity contribution in [3.05, 3.63) is 24.3 Å². The molecule has 2 rings (SSSR count). The van der Waals surface area contributed by atoms with Crippen LogP contribution >= 0.6 is 0 Å². The van der Waals surface area contributed by atoms with E-state index >= 15 is 0 Å². The second-order valence-electron chi connectivity index (χ2n) is 3.86. The fourth-order valence-electron chi connectivity index (χ4n) is 1.69. The molecule has 2 heterocycles. The number of ether oxygens (including phenoxy) is 1. The zero-order valence-electron chi connectivity index (χ0n) is 9.06. The number of carbonyl (C=O) groups excluding carboxylic acids is 1. The summed E-state index contributed by atoms with van der Waals surface area (Å²) < 4.78 is 5.26. The normalized spacial score (nSPS) is 17.0. The van der Waals surface area contributed by atoms with Crippen LogP contribution in [0.3, 0.4) is 0 Å². The number of nitrogens with one attached hydrogen (secondary N) is 1. The monoisotopic (exact) mass is 221 g/mol. The van der Waals surface area contributed by atoms with Crippen molar-refractivity contribution in [1.29, 1.82) is 0 Å². The summed E-state index contributed by atoms with van der Waals surface area (Å²) in [5.41, 5.74) is 0.370. The van der Waals surface area contributed by atoms with Crippen molar-refractivity contribution in [1.82, 2.24) is 15.3 Å². The molecule has 1 N–H and O–H groups in total. The minimum atomic E-state index is -0.153. The third-order valence-corrected chi connectivity index (χ3v) is 2.69. The van der Waals surface area contributed by atoms with E-state index in [1.165, 1.54) is 12.4 Å². The lowest BCUT2D eigenvalue weighted by molar-refractivity contribution is 0.0642. The smallest absolute Gasteiger partial charge is 0.271 e. The van der Waals surface area contributed by atoms with Crippen LogP contribution in [0.1, 0.15) is 23.3 Å². The fourth-order valence-corrected chi connectivity index (χ4v) is 1.69. The Labute approximate surface area is 94.2 Å². The minimum absolute atomic E-state index is 0.153. The first-order valence-electron chi connectivity index (χ1n) is 5.48. The van der Waals surface area contributed by atoms with E-state index < -0.39 is 0 Å². The fraction of sp³-hybridized carbons (Fsp3) is 0.545. The Bertz CT molecular complexity index is 336. The van der Waals surface area contributed by atoms with Crippen LogP contribution in [-0.2, 0) is 4.74 Å². The molecule has 5 heteroatoms. The molecule has 1 saturated heterocycles. The van der Waals surface area contributed by atoms with Crippen LogP contribution in [0.25, 0.3) is 0 Å². The minimum Gasteiger partial charge on any atom is -0.381 e. The van der Waals surface area contributed by atoms with Crippen molar-refractivity contribution in [3.63, 3.8) is 0 Å². The highest BCUT2D eigenvalue weighted by molar-refractivity contribution is 5.91. The molecule has 1 aliphatic rings. The molecule has 16 heavy (non-hydrogen) atoms. The quantitative estimate of drug-likeness (QED) is 0.813. The molecule has 1 aromatic rings. The van der Waals surface area contributed by atoms with Crippen LogP contribution in [0.4, 0.5) is 0 Å². The second-order valence-corrected chi connectivity index (χ2v) is 3.86. The summed E-state index contributed by atoms with van der Waals surface area (Å²) in [6, 6.07) is 0. The van der Waals surface area contributed by atoms with E-state index in [1.807, 2.05) is 0 Å². The summed E-state index contributed by atoms with van der Waals surface area (Å²) in [5.74, 6) is 0.369. The van der Waals surface area contributed by atoms with E-state index in [2.05, 4.69) is 15.3 Å². The van der Waals surface area contributed by atoms with Gasteiger partial charge in [-0.1, -0.05) is 0 Å². The standard InChI is InChI=1S/C11H15N3O2/c15-11(10-8-12-3-4-13-10)14-7-9-1-5-16-6-2-9/h3-4,8-9H,1-2,5-7H2,(H,14,15). The van der Waals surface area contributed by atoms with Gasteiger partial charge in [0.25, 0.3) is 5.91 Å². The Balaban J connectivity index is 1.79. The molecule has 0 bridgehead atoms. The summed E-state index contributed by atoms with van der Waals surface area (Å²) in [6.45, 7) is 2.29. The molecule has 1 aliphatic heterocycles. The Kier molecular flexibility index (Phi) is 3.82. The average molecular weight is 221 g/mol. The highest BCUT2D eigenvalue weighted by atomic mass is 16.5. The van der Waals surface area contributed by atoms with Gasteiger partial charge in [-0.3, -0.25) is 9.78 Å². The van der Waals surface area contributed by atoms with Gasteiger partial charge in [0, 0.05) is 32.2 Å². The average Bonchev–Trinajstić information content (AvgIpc) is 2.38. The number of carbonyl (C=O) groups is 1. The van der Waals surface area contributed by atoms with Crippen molar-refractivity contribution < 1.29 is 9.53 Å². The molecule has 86 valence electrons. The molecule has 1 aromatic heterocycles. The Morgan fingerprint density at radius 2 is 2.25 bits per heavy atom. The maximum absolute atomic E-state index is 11.6.